The van der Waals surface area contributed by atoms with Crippen molar-refractivity contribution in [2.24, 2.45) is 58.0 Å². The van der Waals surface area contributed by atoms with E-state index in [1.807, 2.05) is 6.92 Å². The number of Topliss-reactive ketones (excluding diaryl/α,β-unsaturated/α-hetero) is 1. The van der Waals surface area contributed by atoms with Crippen molar-refractivity contribution in [3.63, 3.8) is 0 Å². The van der Waals surface area contributed by atoms with E-state index < -0.39 is 70.5 Å². The number of carbonyl (C=O) groups is 1. The third kappa shape index (κ3) is 7.11. The number of carbonyl (C=O) groups excluding carboxylic acids is 1. The number of aliphatic hydroxyl groups is 7. The van der Waals surface area contributed by atoms with E-state index in [1.165, 1.54) is 26.2 Å². The Hall–Kier alpha value is -0.990. The van der Waals surface area contributed by atoms with Crippen LogP contribution in [-0.4, -0.2) is 108 Å². The Morgan fingerprint density at radius 2 is 1.68 bits per heavy atom. The van der Waals surface area contributed by atoms with Crippen LogP contribution < -0.4 is 11.1 Å². The number of hydrogen-bond donors (Lipinski definition) is 9. The highest BCUT2D eigenvalue weighted by molar-refractivity contribution is 6.00. The van der Waals surface area contributed by atoms with Crippen molar-refractivity contribution < 1.29 is 45.3 Å². The summed E-state index contributed by atoms with van der Waals surface area (Å²) in [5.41, 5.74) is 2.27. The quantitative estimate of drug-likeness (QED) is 0.147. The second-order valence-electron chi connectivity index (χ2n) is 20.7. The van der Waals surface area contributed by atoms with Crippen molar-refractivity contribution in [2.45, 2.75) is 204 Å². The maximum Gasteiger partial charge on any atom is 0.162 e. The van der Waals surface area contributed by atoms with Crippen molar-refractivity contribution in [2.75, 3.05) is 6.54 Å². The number of ether oxygens (including phenoxy) is 1. The minimum absolute atomic E-state index is 0.0377. The molecule has 0 spiro atoms. The summed E-state index contributed by atoms with van der Waals surface area (Å²) in [4.78, 5) is 15.1. The summed E-state index contributed by atoms with van der Waals surface area (Å²) in [6.07, 6.45) is 5.89. The molecule has 56 heavy (non-hydrogen) atoms. The number of rotatable bonds is 11. The molecule has 10 N–H and O–H groups in total. The van der Waals surface area contributed by atoms with Gasteiger partial charge in [0.1, 0.15) is 6.10 Å². The van der Waals surface area contributed by atoms with Gasteiger partial charge in [-0.15, -0.1) is 0 Å². The lowest BCUT2D eigenvalue weighted by molar-refractivity contribution is -0.200. The number of nitrogens with one attached hydrogen (secondary N) is 1. The average Bonchev–Trinajstić information content (AvgIpc) is 3.53. The van der Waals surface area contributed by atoms with Crippen LogP contribution in [0, 0.1) is 52.3 Å². The smallest absolute Gasteiger partial charge is 0.162 e. The van der Waals surface area contributed by atoms with Crippen molar-refractivity contribution in [1.29, 1.82) is 0 Å². The lowest BCUT2D eigenvalue weighted by Gasteiger charge is -2.63. The van der Waals surface area contributed by atoms with Crippen LogP contribution in [0.1, 0.15) is 144 Å². The first-order valence-corrected chi connectivity index (χ1v) is 22.7. The Morgan fingerprint density at radius 1 is 0.964 bits per heavy atom. The summed E-state index contributed by atoms with van der Waals surface area (Å²) in [7, 11) is 0. The van der Waals surface area contributed by atoms with Crippen molar-refractivity contribution in [3.8, 4) is 0 Å². The fourth-order valence-electron chi connectivity index (χ4n) is 14.3. The first-order valence-electron chi connectivity index (χ1n) is 22.7. The Morgan fingerprint density at radius 3 is 2.36 bits per heavy atom. The predicted octanol–water partition coefficient (Wildman–Crippen LogP) is 3.86. The van der Waals surface area contributed by atoms with Gasteiger partial charge >= 0.3 is 0 Å². The second-order valence-corrected chi connectivity index (χ2v) is 20.7. The highest BCUT2D eigenvalue weighted by Gasteiger charge is 2.71. The van der Waals surface area contributed by atoms with E-state index in [0.717, 1.165) is 45.1 Å². The van der Waals surface area contributed by atoms with Gasteiger partial charge in [0.2, 0.25) is 0 Å². The van der Waals surface area contributed by atoms with E-state index in [9.17, 15) is 35.7 Å². The van der Waals surface area contributed by atoms with Crippen molar-refractivity contribution in [3.05, 3.63) is 11.1 Å². The minimum Gasteiger partial charge on any atom is -0.391 e. The molecule has 0 aromatic rings. The fraction of sp³-hybridized carbons (Fsp3) is 0.933. The first-order chi connectivity index (χ1) is 26.4. The zero-order valence-electron chi connectivity index (χ0n) is 34.9. The standard InChI is InChI=1S/C45H76N2O9/c1-6-7-26-8-11-28-24(2)40(56-35(28)12-9-26)41(53)43(5,54)36-16-19-45(55)38-29(20-32(49)25(3)48)39(52)31-21-33(50)34(51)22-44(31,30(38)15-17-42(36,45)4)18-14-27-10-13-37(46)47-23-27/h24-28,30-37,40-41,47-51,53-55H,6-23,46H2,1-5H3/t24-,25-,26-,27?,28+,30+,31+,32-,33+,34-,35+,36+,37?,40+,41+,42+,43+,44+,45-/m0/s1. The van der Waals surface area contributed by atoms with Gasteiger partial charge in [0, 0.05) is 23.3 Å². The van der Waals surface area contributed by atoms with Crippen LogP contribution in [0.3, 0.4) is 0 Å². The number of nitrogens with two attached hydrogens (primary N) is 1. The fourth-order valence-corrected chi connectivity index (χ4v) is 14.3. The van der Waals surface area contributed by atoms with Gasteiger partial charge in [0.25, 0.3) is 0 Å². The summed E-state index contributed by atoms with van der Waals surface area (Å²) in [5.74, 6) is -0.209. The molecule has 5 aliphatic carbocycles. The highest BCUT2D eigenvalue weighted by Crippen LogP contribution is 2.71. The average molecular weight is 789 g/mol. The van der Waals surface area contributed by atoms with Crippen LogP contribution in [0.2, 0.25) is 0 Å². The molecule has 7 aliphatic rings. The van der Waals surface area contributed by atoms with Crippen LogP contribution >= 0.6 is 0 Å². The van der Waals surface area contributed by atoms with E-state index in [1.54, 1.807) is 6.92 Å². The normalized spacial score (nSPS) is 48.2. The topological polar surface area (TPSA) is 206 Å². The van der Waals surface area contributed by atoms with Gasteiger partial charge in [0.15, 0.2) is 5.78 Å². The highest BCUT2D eigenvalue weighted by atomic mass is 16.5. The molecule has 2 aliphatic heterocycles. The molecular weight excluding hydrogens is 712 g/mol. The summed E-state index contributed by atoms with van der Waals surface area (Å²) >= 11 is 0. The molecule has 0 aromatic carbocycles. The Labute approximate surface area is 335 Å². The zero-order chi connectivity index (χ0) is 40.5. The largest absolute Gasteiger partial charge is 0.391 e. The second kappa shape index (κ2) is 16.1. The molecular formula is C45H76N2O9. The monoisotopic (exact) mass is 789 g/mol. The van der Waals surface area contributed by atoms with Gasteiger partial charge in [-0.3, -0.25) is 4.79 Å². The SMILES string of the molecule is CCC[C@H]1CC[C@@H]2[C@H](C)[C@H]([C@@H](O)[C@](C)(O)[C@@H]3CC[C@]4(O)C5=C(C[C@H](O)[C@H](C)O)C(=O)[C@H]6C[C@@H](O)[C@@H](O)C[C@]6(CCC6CCC(N)NC6)[C@@H]5CC[C@]34C)O[C@@H]2CC1. The molecule has 0 amide bonds. The van der Waals surface area contributed by atoms with Gasteiger partial charge in [-0.05, 0) is 150 Å². The molecule has 4 saturated carbocycles. The minimum atomic E-state index is -1.61. The first kappa shape index (κ1) is 43.1. The van der Waals surface area contributed by atoms with Crippen LogP contribution in [0.5, 0.6) is 0 Å². The van der Waals surface area contributed by atoms with E-state index in [2.05, 4.69) is 19.2 Å². The lowest BCUT2D eigenvalue weighted by atomic mass is 9.42. The van der Waals surface area contributed by atoms with Crippen molar-refractivity contribution >= 4 is 5.78 Å². The molecule has 0 radical (unpaired) electrons. The van der Waals surface area contributed by atoms with Gasteiger partial charge in [-0.2, -0.15) is 0 Å². The summed E-state index contributed by atoms with van der Waals surface area (Å²) in [6, 6.07) is 0. The van der Waals surface area contributed by atoms with Gasteiger partial charge in [-0.25, -0.2) is 0 Å². The van der Waals surface area contributed by atoms with Gasteiger partial charge in [0.05, 0.1) is 54.0 Å². The molecule has 2 saturated heterocycles. The van der Waals surface area contributed by atoms with E-state index in [0.29, 0.717) is 54.6 Å². The molecule has 7 rings (SSSR count). The number of ketones is 1. The van der Waals surface area contributed by atoms with Crippen LogP contribution in [0.15, 0.2) is 11.1 Å². The third-order valence-corrected chi connectivity index (χ3v) is 17.7. The molecule has 0 bridgehead atoms. The van der Waals surface area contributed by atoms with Gasteiger partial charge < -0.3 is 51.5 Å². The van der Waals surface area contributed by atoms with E-state index in [4.69, 9.17) is 10.5 Å². The molecule has 320 valence electrons. The number of fused-ring (bicyclic) bond motifs is 6. The molecule has 11 nitrogen and oxygen atoms in total. The maximum atomic E-state index is 15.1. The molecule has 2 heterocycles. The van der Waals surface area contributed by atoms with E-state index >= 15 is 4.79 Å². The van der Waals surface area contributed by atoms with Gasteiger partial charge in [-0.1, -0.05) is 40.0 Å². The molecule has 0 aromatic heterocycles. The molecule has 6 fully saturated rings. The number of hydrogen-bond acceptors (Lipinski definition) is 11. The Kier molecular flexibility index (Phi) is 12.4. The lowest BCUT2D eigenvalue weighted by Crippen LogP contribution is -2.65. The Bertz CT molecular complexity index is 1450. The summed E-state index contributed by atoms with van der Waals surface area (Å²) in [5, 5.41) is 85.9. The number of aliphatic hydroxyl groups excluding tert-OH is 5. The van der Waals surface area contributed by atoms with E-state index in [-0.39, 0.29) is 55.6 Å². The summed E-state index contributed by atoms with van der Waals surface area (Å²) in [6.45, 7) is 10.4. The predicted molar refractivity (Wildman–Crippen MR) is 213 cm³/mol. The van der Waals surface area contributed by atoms with Crippen LogP contribution in [-0.2, 0) is 9.53 Å². The molecule has 2 unspecified atom stereocenters. The third-order valence-electron chi connectivity index (χ3n) is 17.7. The summed E-state index contributed by atoms with van der Waals surface area (Å²) < 4.78 is 6.71. The maximum absolute atomic E-state index is 15.1. The zero-order valence-corrected chi connectivity index (χ0v) is 34.9. The van der Waals surface area contributed by atoms with Crippen LogP contribution in [0.4, 0.5) is 0 Å². The molecule has 11 heteroatoms. The van der Waals surface area contributed by atoms with Crippen LogP contribution in [0.25, 0.3) is 0 Å². The molecule has 19 atom stereocenters. The number of piperidine rings is 1. The Balaban J connectivity index is 1.23. The van der Waals surface area contributed by atoms with Crippen molar-refractivity contribution in [1.82, 2.24) is 5.32 Å².